The van der Waals surface area contributed by atoms with Crippen molar-refractivity contribution in [3.8, 4) is 5.75 Å². The number of hydrogen-bond acceptors (Lipinski definition) is 5. The van der Waals surface area contributed by atoms with Crippen LogP contribution in [0.3, 0.4) is 0 Å². The molecule has 1 saturated heterocycles. The van der Waals surface area contributed by atoms with Gasteiger partial charge in [0.15, 0.2) is 21.4 Å². The molecule has 2 N–H and O–H groups in total. The molecule has 27 heavy (non-hydrogen) atoms. The first kappa shape index (κ1) is 20.1. The minimum atomic E-state index is -3.26. The highest BCUT2D eigenvalue weighted by atomic mass is 32.2. The minimum absolute atomic E-state index is 0.0533. The van der Waals surface area contributed by atoms with E-state index in [9.17, 15) is 22.9 Å². The summed E-state index contributed by atoms with van der Waals surface area (Å²) in [6, 6.07) is 4.19. The molecule has 0 amide bonds. The van der Waals surface area contributed by atoms with Crippen molar-refractivity contribution >= 4 is 23.0 Å². The van der Waals surface area contributed by atoms with Gasteiger partial charge in [0.05, 0.1) is 17.1 Å². The zero-order valence-electron chi connectivity index (χ0n) is 15.5. The second-order valence-electron chi connectivity index (χ2n) is 7.26. The lowest BCUT2D eigenvalue weighted by atomic mass is 9.74. The summed E-state index contributed by atoms with van der Waals surface area (Å²) in [6.07, 6.45) is 3.31. The summed E-state index contributed by atoms with van der Waals surface area (Å²) in [5.41, 5.74) is 3.34. The summed E-state index contributed by atoms with van der Waals surface area (Å²) in [5.74, 6) is -1.01. The zero-order valence-corrected chi connectivity index (χ0v) is 16.3. The average molecular weight is 394 g/mol. The Balaban J connectivity index is 1.75. The molecule has 1 aromatic rings. The van der Waals surface area contributed by atoms with Crippen molar-refractivity contribution in [1.29, 1.82) is 0 Å². The molecule has 0 radical (unpaired) electrons. The van der Waals surface area contributed by atoms with Crippen LogP contribution in [0, 0.1) is 5.82 Å². The zero-order chi connectivity index (χ0) is 19.8. The van der Waals surface area contributed by atoms with Gasteiger partial charge in [-0.1, -0.05) is 30.2 Å². The molecule has 2 atom stereocenters. The summed E-state index contributed by atoms with van der Waals surface area (Å²) in [5, 5.41) is 18.6. The van der Waals surface area contributed by atoms with E-state index in [1.807, 2.05) is 19.9 Å². The van der Waals surface area contributed by atoms with Crippen molar-refractivity contribution in [2.45, 2.75) is 50.8 Å². The van der Waals surface area contributed by atoms with E-state index in [0.29, 0.717) is 24.8 Å². The molecule has 2 heterocycles. The van der Waals surface area contributed by atoms with E-state index < -0.39 is 34.1 Å². The average Bonchev–Trinajstić information content (AvgIpc) is 2.87. The molecule has 0 spiro atoms. The molecule has 0 unspecified atom stereocenters. The lowest BCUT2D eigenvalue weighted by molar-refractivity contribution is 0.169. The summed E-state index contributed by atoms with van der Waals surface area (Å²) < 4.78 is 44.0. The number of hydrogen-bond donors (Lipinski definition) is 2. The van der Waals surface area contributed by atoms with Crippen molar-refractivity contribution in [3.63, 3.8) is 0 Å². The van der Waals surface area contributed by atoms with Crippen LogP contribution in [-0.2, 0) is 14.5 Å². The fourth-order valence-electron chi connectivity index (χ4n) is 3.92. The molecule has 0 bridgehead atoms. The van der Waals surface area contributed by atoms with Gasteiger partial charge in [0.1, 0.15) is 0 Å². The number of phenolic OH excluding ortho intramolecular Hbond substituents is 1. The maximum atomic E-state index is 13.5. The number of aromatic hydroxyl groups is 1. The van der Waals surface area contributed by atoms with E-state index in [4.69, 9.17) is 4.65 Å². The summed E-state index contributed by atoms with van der Waals surface area (Å²) in [7, 11) is -4.34. The number of phenols is 1. The highest BCUT2D eigenvalue weighted by Gasteiger charge is 2.47. The Labute approximate surface area is 159 Å². The van der Waals surface area contributed by atoms with Crippen molar-refractivity contribution in [2.75, 3.05) is 5.75 Å². The van der Waals surface area contributed by atoms with Gasteiger partial charge in [-0.05, 0) is 49.5 Å². The molecule has 2 aliphatic rings. The van der Waals surface area contributed by atoms with E-state index in [0.717, 1.165) is 16.7 Å². The van der Waals surface area contributed by atoms with Crippen LogP contribution in [0.2, 0.25) is 6.32 Å². The van der Waals surface area contributed by atoms with Gasteiger partial charge in [-0.25, -0.2) is 12.8 Å². The first-order valence-electron chi connectivity index (χ1n) is 9.14. The van der Waals surface area contributed by atoms with Gasteiger partial charge in [-0.2, -0.15) is 0 Å². The van der Waals surface area contributed by atoms with Crippen LogP contribution in [-0.4, -0.2) is 42.8 Å². The number of rotatable bonds is 5. The molecule has 3 rings (SSSR count). The van der Waals surface area contributed by atoms with E-state index >= 15 is 0 Å². The topological polar surface area (TPSA) is 83.8 Å². The fourth-order valence-corrected chi connectivity index (χ4v) is 6.14. The first-order valence-corrected chi connectivity index (χ1v) is 10.9. The SMILES string of the molecule is CCC1=C2[C@@H](CC/C(C)=C/c3ccc(O)c(F)c3)OB(O)C[C@@H]2S(=O)(=O)C1. The quantitative estimate of drug-likeness (QED) is 0.592. The highest BCUT2D eigenvalue weighted by molar-refractivity contribution is 7.92. The van der Waals surface area contributed by atoms with Gasteiger partial charge < -0.3 is 14.8 Å². The van der Waals surface area contributed by atoms with Gasteiger partial charge in [0.2, 0.25) is 0 Å². The van der Waals surface area contributed by atoms with Crippen LogP contribution in [0.5, 0.6) is 5.75 Å². The molecule has 5 nitrogen and oxygen atoms in total. The third-order valence-corrected chi connectivity index (χ3v) is 7.32. The predicted octanol–water partition coefficient (Wildman–Crippen LogP) is 3.10. The third-order valence-electron chi connectivity index (χ3n) is 5.26. The molecule has 8 heteroatoms. The molecule has 0 aliphatic carbocycles. The number of allylic oxidation sites excluding steroid dienone is 1. The Hall–Kier alpha value is -1.64. The van der Waals surface area contributed by atoms with Gasteiger partial charge in [0.25, 0.3) is 0 Å². The summed E-state index contributed by atoms with van der Waals surface area (Å²) >= 11 is 0. The normalized spacial score (nSPS) is 25.0. The molecule has 146 valence electrons. The van der Waals surface area contributed by atoms with Crippen molar-refractivity contribution in [1.82, 2.24) is 0 Å². The summed E-state index contributed by atoms with van der Waals surface area (Å²) in [4.78, 5) is 0. The maximum Gasteiger partial charge on any atom is 0.456 e. The van der Waals surface area contributed by atoms with Gasteiger partial charge in [-0.15, -0.1) is 0 Å². The number of sulfone groups is 1. The Morgan fingerprint density at radius 3 is 2.85 bits per heavy atom. The number of fused-ring (bicyclic) bond motifs is 1. The smallest absolute Gasteiger partial charge is 0.456 e. The molecular formula is C19H24BFO5S. The Bertz CT molecular complexity index is 893. The molecule has 0 aromatic heterocycles. The lowest BCUT2D eigenvalue weighted by Crippen LogP contribution is -2.41. The van der Waals surface area contributed by atoms with Crippen molar-refractivity contribution < 1.29 is 27.6 Å². The van der Waals surface area contributed by atoms with Crippen LogP contribution in [0.1, 0.15) is 38.7 Å². The number of halogens is 1. The minimum Gasteiger partial charge on any atom is -0.505 e. The standard InChI is InChI=1S/C19H24BFO5S/c1-3-14-11-27(24,25)18-10-20(23)26-17(19(14)18)7-4-12(2)8-13-5-6-16(22)15(21)9-13/h5-6,8-9,17-18,22-23H,3-4,7,10-11H2,1-2H3/b12-8+/t17-,18+/m1/s1. The van der Waals surface area contributed by atoms with Crippen LogP contribution >= 0.6 is 0 Å². The monoisotopic (exact) mass is 394 g/mol. The molecule has 2 aliphatic heterocycles. The second kappa shape index (κ2) is 7.77. The van der Waals surface area contributed by atoms with Gasteiger partial charge in [-0.3, -0.25) is 0 Å². The van der Waals surface area contributed by atoms with Gasteiger partial charge >= 0.3 is 7.12 Å². The van der Waals surface area contributed by atoms with Crippen molar-refractivity contribution in [3.05, 3.63) is 46.3 Å². The Morgan fingerprint density at radius 1 is 1.44 bits per heavy atom. The summed E-state index contributed by atoms with van der Waals surface area (Å²) in [6.45, 7) is 3.84. The van der Waals surface area contributed by atoms with Crippen molar-refractivity contribution in [2.24, 2.45) is 0 Å². The van der Waals surface area contributed by atoms with E-state index in [-0.39, 0.29) is 17.8 Å². The highest BCUT2D eigenvalue weighted by Crippen LogP contribution is 2.40. The number of benzene rings is 1. The molecule has 1 aromatic carbocycles. The maximum absolute atomic E-state index is 13.5. The van der Waals surface area contributed by atoms with Gasteiger partial charge in [0, 0.05) is 6.32 Å². The van der Waals surface area contributed by atoms with Crippen LogP contribution < -0.4 is 0 Å². The molecular weight excluding hydrogens is 370 g/mol. The van der Waals surface area contributed by atoms with Crippen LogP contribution in [0.25, 0.3) is 6.08 Å². The van der Waals surface area contributed by atoms with E-state index in [2.05, 4.69) is 0 Å². The lowest BCUT2D eigenvalue weighted by Gasteiger charge is -2.32. The largest absolute Gasteiger partial charge is 0.505 e. The second-order valence-corrected chi connectivity index (χ2v) is 9.45. The van der Waals surface area contributed by atoms with E-state index in [1.54, 1.807) is 6.07 Å². The molecule has 1 fully saturated rings. The third kappa shape index (κ3) is 4.28. The first-order chi connectivity index (χ1) is 12.7. The molecule has 0 saturated carbocycles. The van der Waals surface area contributed by atoms with Crippen LogP contribution in [0.4, 0.5) is 4.39 Å². The Morgan fingerprint density at radius 2 is 2.19 bits per heavy atom. The van der Waals surface area contributed by atoms with E-state index in [1.165, 1.54) is 12.1 Å². The predicted molar refractivity (Wildman–Crippen MR) is 103 cm³/mol. The van der Waals surface area contributed by atoms with Crippen LogP contribution in [0.15, 0.2) is 34.9 Å². The Kier molecular flexibility index (Phi) is 5.79. The fraction of sp³-hybridized carbons (Fsp3) is 0.474.